The molecular weight excluding hydrogens is 228 g/mol. The van der Waals surface area contributed by atoms with Crippen molar-refractivity contribution < 1.29 is 13.2 Å². The highest BCUT2D eigenvalue weighted by molar-refractivity contribution is 7.89. The van der Waals surface area contributed by atoms with Crippen molar-refractivity contribution in [1.82, 2.24) is 10.0 Å². The summed E-state index contributed by atoms with van der Waals surface area (Å²) in [5.41, 5.74) is 0. The summed E-state index contributed by atoms with van der Waals surface area (Å²) in [6.07, 6.45) is 1.75. The van der Waals surface area contributed by atoms with Gasteiger partial charge in [-0.2, -0.15) is 0 Å². The molecular formula is C10H22N2O3S. The summed E-state index contributed by atoms with van der Waals surface area (Å²) in [7, 11) is -1.29. The van der Waals surface area contributed by atoms with Gasteiger partial charge in [-0.1, -0.05) is 0 Å². The zero-order chi connectivity index (χ0) is 12.0. The SMILES string of the molecule is CNCCCS(=O)(=O)NCC1CCOC1C. The van der Waals surface area contributed by atoms with Crippen LogP contribution in [-0.2, 0) is 14.8 Å². The van der Waals surface area contributed by atoms with E-state index in [1.165, 1.54) is 0 Å². The monoisotopic (exact) mass is 250 g/mol. The molecule has 0 bridgehead atoms. The molecule has 1 fully saturated rings. The van der Waals surface area contributed by atoms with Crippen LogP contribution in [0.5, 0.6) is 0 Å². The predicted octanol–water partition coefficient (Wildman–Crippen LogP) is -0.0597. The van der Waals surface area contributed by atoms with Gasteiger partial charge in [0.1, 0.15) is 0 Å². The lowest BCUT2D eigenvalue weighted by atomic mass is 10.0. The van der Waals surface area contributed by atoms with Crippen molar-refractivity contribution >= 4 is 10.0 Å². The molecule has 2 unspecified atom stereocenters. The fraction of sp³-hybridized carbons (Fsp3) is 1.00. The van der Waals surface area contributed by atoms with Gasteiger partial charge < -0.3 is 10.1 Å². The summed E-state index contributed by atoms with van der Waals surface area (Å²) in [5.74, 6) is 0.509. The predicted molar refractivity (Wildman–Crippen MR) is 63.9 cm³/mol. The molecule has 1 saturated heterocycles. The number of ether oxygens (including phenoxy) is 1. The second-order valence-corrected chi connectivity index (χ2v) is 6.18. The van der Waals surface area contributed by atoms with Gasteiger partial charge in [0.05, 0.1) is 11.9 Å². The van der Waals surface area contributed by atoms with Gasteiger partial charge in [-0.15, -0.1) is 0 Å². The molecule has 2 N–H and O–H groups in total. The zero-order valence-electron chi connectivity index (χ0n) is 10.0. The van der Waals surface area contributed by atoms with Crippen LogP contribution in [0.25, 0.3) is 0 Å². The Morgan fingerprint density at radius 2 is 2.19 bits per heavy atom. The fourth-order valence-electron chi connectivity index (χ4n) is 1.79. The first-order valence-corrected chi connectivity index (χ1v) is 7.44. The second kappa shape index (κ2) is 6.54. The average molecular weight is 250 g/mol. The minimum absolute atomic E-state index is 0.167. The molecule has 0 aromatic heterocycles. The third-order valence-electron chi connectivity index (χ3n) is 2.94. The molecule has 0 radical (unpaired) electrons. The van der Waals surface area contributed by atoms with Crippen LogP contribution in [0.2, 0.25) is 0 Å². The Morgan fingerprint density at radius 3 is 2.75 bits per heavy atom. The van der Waals surface area contributed by atoms with Crippen molar-refractivity contribution in [3.05, 3.63) is 0 Å². The van der Waals surface area contributed by atoms with Crippen molar-refractivity contribution in [3.8, 4) is 0 Å². The maximum atomic E-state index is 11.6. The highest BCUT2D eigenvalue weighted by Gasteiger charge is 2.25. The van der Waals surface area contributed by atoms with Gasteiger partial charge in [0.25, 0.3) is 0 Å². The lowest BCUT2D eigenvalue weighted by Gasteiger charge is -2.14. The molecule has 0 aliphatic carbocycles. The molecule has 5 nitrogen and oxygen atoms in total. The Balaban J connectivity index is 2.24. The first kappa shape index (κ1) is 13.9. The standard InChI is InChI=1S/C10H22N2O3S/c1-9-10(4-6-15-9)8-12-16(13,14)7-3-5-11-2/h9-12H,3-8H2,1-2H3. The van der Waals surface area contributed by atoms with Crippen LogP contribution in [0.4, 0.5) is 0 Å². The van der Waals surface area contributed by atoms with Crippen LogP contribution in [0.1, 0.15) is 19.8 Å². The van der Waals surface area contributed by atoms with Crippen molar-refractivity contribution in [1.29, 1.82) is 0 Å². The Bertz CT molecular complexity index is 292. The molecule has 1 aliphatic heterocycles. The lowest BCUT2D eigenvalue weighted by molar-refractivity contribution is 0.107. The van der Waals surface area contributed by atoms with Crippen LogP contribution in [0, 0.1) is 5.92 Å². The number of rotatable bonds is 7. The molecule has 1 rings (SSSR count). The van der Waals surface area contributed by atoms with E-state index in [2.05, 4.69) is 10.0 Å². The summed E-state index contributed by atoms with van der Waals surface area (Å²) in [6.45, 7) is 3.97. The van der Waals surface area contributed by atoms with Crippen molar-refractivity contribution in [2.45, 2.75) is 25.9 Å². The third-order valence-corrected chi connectivity index (χ3v) is 4.37. The summed E-state index contributed by atoms with van der Waals surface area (Å²) >= 11 is 0. The maximum absolute atomic E-state index is 11.6. The lowest BCUT2D eigenvalue weighted by Crippen LogP contribution is -2.34. The van der Waals surface area contributed by atoms with E-state index in [0.717, 1.165) is 19.6 Å². The van der Waals surface area contributed by atoms with Gasteiger partial charge in [0.2, 0.25) is 10.0 Å². The quantitative estimate of drug-likeness (QED) is 0.621. The summed E-state index contributed by atoms with van der Waals surface area (Å²) in [5, 5.41) is 2.93. The zero-order valence-corrected chi connectivity index (χ0v) is 10.8. The van der Waals surface area contributed by atoms with E-state index >= 15 is 0 Å². The first-order valence-electron chi connectivity index (χ1n) is 5.78. The Kier molecular flexibility index (Phi) is 5.68. The molecule has 0 saturated carbocycles. The van der Waals surface area contributed by atoms with Gasteiger partial charge in [-0.3, -0.25) is 0 Å². The Hall–Kier alpha value is -0.170. The molecule has 0 spiro atoms. The fourth-order valence-corrected chi connectivity index (χ4v) is 2.93. The van der Waals surface area contributed by atoms with E-state index < -0.39 is 10.0 Å². The van der Waals surface area contributed by atoms with E-state index in [4.69, 9.17) is 4.74 Å². The van der Waals surface area contributed by atoms with Gasteiger partial charge in [-0.25, -0.2) is 13.1 Å². The minimum Gasteiger partial charge on any atom is -0.378 e. The molecule has 0 aromatic rings. The van der Waals surface area contributed by atoms with Crippen LogP contribution in [0.15, 0.2) is 0 Å². The summed E-state index contributed by atoms with van der Waals surface area (Å²) in [4.78, 5) is 0. The Labute approximate surface area is 98.0 Å². The minimum atomic E-state index is -3.11. The molecule has 1 heterocycles. The first-order chi connectivity index (χ1) is 7.55. The summed E-state index contributed by atoms with van der Waals surface area (Å²) in [6, 6.07) is 0. The van der Waals surface area contributed by atoms with Crippen LogP contribution in [0.3, 0.4) is 0 Å². The molecule has 6 heteroatoms. The number of hydrogen-bond donors (Lipinski definition) is 2. The van der Waals surface area contributed by atoms with Crippen molar-refractivity contribution in [3.63, 3.8) is 0 Å². The van der Waals surface area contributed by atoms with Gasteiger partial charge in [0, 0.05) is 19.1 Å². The topological polar surface area (TPSA) is 67.4 Å². The van der Waals surface area contributed by atoms with Gasteiger partial charge in [-0.05, 0) is 33.4 Å². The van der Waals surface area contributed by atoms with Crippen molar-refractivity contribution in [2.75, 3.05) is 32.5 Å². The van der Waals surface area contributed by atoms with E-state index in [-0.39, 0.29) is 11.9 Å². The smallest absolute Gasteiger partial charge is 0.211 e. The Morgan fingerprint density at radius 1 is 1.44 bits per heavy atom. The molecule has 2 atom stereocenters. The van der Waals surface area contributed by atoms with Gasteiger partial charge in [0.15, 0.2) is 0 Å². The average Bonchev–Trinajstić information content (AvgIpc) is 2.62. The second-order valence-electron chi connectivity index (χ2n) is 4.25. The maximum Gasteiger partial charge on any atom is 0.211 e. The van der Waals surface area contributed by atoms with Crippen LogP contribution >= 0.6 is 0 Å². The third kappa shape index (κ3) is 4.78. The van der Waals surface area contributed by atoms with Crippen LogP contribution in [-0.4, -0.2) is 47.0 Å². The van der Waals surface area contributed by atoms with Crippen LogP contribution < -0.4 is 10.0 Å². The number of nitrogens with one attached hydrogen (secondary N) is 2. The van der Waals surface area contributed by atoms with E-state index in [1.54, 1.807) is 0 Å². The molecule has 0 amide bonds. The van der Waals surface area contributed by atoms with Crippen molar-refractivity contribution in [2.24, 2.45) is 5.92 Å². The number of hydrogen-bond acceptors (Lipinski definition) is 4. The normalized spacial score (nSPS) is 26.1. The number of sulfonamides is 1. The highest BCUT2D eigenvalue weighted by Crippen LogP contribution is 2.19. The summed E-state index contributed by atoms with van der Waals surface area (Å²) < 4.78 is 31.2. The van der Waals surface area contributed by atoms with E-state index in [9.17, 15) is 8.42 Å². The largest absolute Gasteiger partial charge is 0.378 e. The molecule has 1 aliphatic rings. The van der Waals surface area contributed by atoms with E-state index in [0.29, 0.717) is 18.9 Å². The molecule has 96 valence electrons. The molecule has 16 heavy (non-hydrogen) atoms. The molecule has 0 aromatic carbocycles. The highest BCUT2D eigenvalue weighted by atomic mass is 32.2. The van der Waals surface area contributed by atoms with E-state index in [1.807, 2.05) is 14.0 Å². The van der Waals surface area contributed by atoms with Gasteiger partial charge >= 0.3 is 0 Å².